The summed E-state index contributed by atoms with van der Waals surface area (Å²) in [5, 5.41) is 16.1. The molecule has 6 heteroatoms. The second-order valence-corrected chi connectivity index (χ2v) is 21.2. The minimum atomic E-state index is -1.42. The third-order valence-electron chi connectivity index (χ3n) is 10.5. The van der Waals surface area contributed by atoms with Crippen molar-refractivity contribution in [3.8, 4) is 17.1 Å². The first-order valence-electron chi connectivity index (χ1n) is 19.1. The molecule has 5 aromatic carbocycles. The van der Waals surface area contributed by atoms with E-state index in [9.17, 15) is 9.90 Å². The summed E-state index contributed by atoms with van der Waals surface area (Å²) in [4.78, 5) is 16.9. The SMILES string of the molecule is CC(C)(C)c1ccc2nc(-c3[c-]ccc4cc([Si](C)(C)C)ccc34)n(-c3ccc4ccccc4c3)c2c1.CCC(CC)C(=O)/C=C(\O)C(CC)CC.[Ir]. The molecule has 1 heterocycles. The van der Waals surface area contributed by atoms with Gasteiger partial charge in [-0.1, -0.05) is 133 Å². The van der Waals surface area contributed by atoms with Crippen molar-refractivity contribution in [2.75, 3.05) is 0 Å². The molecule has 0 bridgehead atoms. The molecule has 0 atom stereocenters. The summed E-state index contributed by atoms with van der Waals surface area (Å²) in [6.07, 6.45) is 4.91. The average molecular weight is 902 g/mol. The maximum Gasteiger partial charge on any atom is 0.162 e. The van der Waals surface area contributed by atoms with Crippen molar-refractivity contribution in [2.45, 2.75) is 99.2 Å². The molecule has 0 spiro atoms. The fraction of sp³-hybridized carbons (Fsp3) is 0.362. The standard InChI is InChI=1S/C34H33N2Si.C13H24O2.Ir/c1-34(2,3)26-15-19-31-32(22-26)36(27-16-14-23-10-7-8-11-24(23)20-27)33(35-31)30-13-9-12-25-21-28(37(4,5)6)17-18-29(25)30;1-5-10(6-2)12(14)9-13(15)11(7-3)8-4;/h7-12,14-22H,1-6H3;9-11,14H,5-8H2,1-4H3;/q-1;;/b;12-9-;. The number of allylic oxidation sites excluding steroid dienone is 2. The second kappa shape index (κ2) is 17.5. The maximum absolute atomic E-state index is 11.7. The summed E-state index contributed by atoms with van der Waals surface area (Å²) in [6.45, 7) is 22.1. The zero-order chi connectivity index (χ0) is 37.8. The molecule has 1 aromatic heterocycles. The van der Waals surface area contributed by atoms with Gasteiger partial charge in [0.2, 0.25) is 0 Å². The number of hydrogen-bond acceptors (Lipinski definition) is 3. The summed E-state index contributed by atoms with van der Waals surface area (Å²) in [6, 6.07) is 36.7. The predicted octanol–water partition coefficient (Wildman–Crippen LogP) is 12.5. The summed E-state index contributed by atoms with van der Waals surface area (Å²) >= 11 is 0. The van der Waals surface area contributed by atoms with Crippen LogP contribution in [-0.4, -0.2) is 28.5 Å². The van der Waals surface area contributed by atoms with E-state index in [1.165, 1.54) is 38.4 Å². The van der Waals surface area contributed by atoms with E-state index in [0.717, 1.165) is 53.8 Å². The number of carbonyl (C=O) groups excluding carboxylic acids is 1. The number of benzene rings is 5. The Balaban J connectivity index is 0.000000335. The van der Waals surface area contributed by atoms with Crippen molar-refractivity contribution >= 4 is 51.6 Å². The number of aliphatic hydroxyl groups is 1. The van der Waals surface area contributed by atoms with Crippen LogP contribution in [-0.2, 0) is 30.3 Å². The van der Waals surface area contributed by atoms with Gasteiger partial charge in [-0.05, 0) is 71.7 Å². The quantitative estimate of drug-likeness (QED) is 0.0645. The van der Waals surface area contributed by atoms with Crippen LogP contribution in [0.4, 0.5) is 0 Å². The first-order valence-corrected chi connectivity index (χ1v) is 22.6. The molecule has 0 saturated carbocycles. The summed E-state index contributed by atoms with van der Waals surface area (Å²) < 4.78 is 2.33. The molecule has 0 aliphatic rings. The third kappa shape index (κ3) is 9.46. The van der Waals surface area contributed by atoms with Crippen LogP contribution in [0.3, 0.4) is 0 Å². The van der Waals surface area contributed by atoms with Gasteiger partial charge in [0.15, 0.2) is 5.78 Å². The second-order valence-electron chi connectivity index (χ2n) is 16.2. The first-order chi connectivity index (χ1) is 24.7. The normalized spacial score (nSPS) is 12.3. The number of carbonyl (C=O) groups is 1. The molecule has 53 heavy (non-hydrogen) atoms. The summed E-state index contributed by atoms with van der Waals surface area (Å²) in [5.41, 5.74) is 5.64. The molecule has 0 fully saturated rings. The van der Waals surface area contributed by atoms with Crippen molar-refractivity contribution < 1.29 is 30.0 Å². The molecule has 6 aromatic rings. The molecule has 0 amide bonds. The van der Waals surface area contributed by atoms with Crippen LogP contribution in [0.5, 0.6) is 0 Å². The maximum atomic E-state index is 11.7. The minimum absolute atomic E-state index is 0. The van der Waals surface area contributed by atoms with Gasteiger partial charge in [-0.3, -0.25) is 9.78 Å². The van der Waals surface area contributed by atoms with Gasteiger partial charge in [0.1, 0.15) is 0 Å². The molecule has 281 valence electrons. The minimum Gasteiger partial charge on any atom is -0.512 e. The number of imidazole rings is 1. The van der Waals surface area contributed by atoms with E-state index in [4.69, 9.17) is 4.98 Å². The largest absolute Gasteiger partial charge is 0.512 e. The van der Waals surface area contributed by atoms with Gasteiger partial charge in [-0.15, -0.1) is 29.1 Å². The molecular formula is C47H57IrN2O2Si-. The van der Waals surface area contributed by atoms with E-state index < -0.39 is 8.07 Å². The molecule has 0 aliphatic carbocycles. The molecule has 0 aliphatic heterocycles. The van der Waals surface area contributed by atoms with Gasteiger partial charge in [-0.25, -0.2) is 0 Å². The van der Waals surface area contributed by atoms with Gasteiger partial charge < -0.3 is 9.67 Å². The zero-order valence-corrected chi connectivity index (χ0v) is 36.7. The fourth-order valence-corrected chi connectivity index (χ4v) is 8.11. The van der Waals surface area contributed by atoms with Crippen LogP contribution >= 0.6 is 0 Å². The van der Waals surface area contributed by atoms with Crippen LogP contribution in [0.1, 0.15) is 79.7 Å². The number of ketones is 1. The molecule has 0 saturated heterocycles. The van der Waals surface area contributed by atoms with Crippen molar-refractivity contribution in [3.05, 3.63) is 114 Å². The van der Waals surface area contributed by atoms with Crippen LogP contribution < -0.4 is 5.19 Å². The number of fused-ring (bicyclic) bond motifs is 3. The van der Waals surface area contributed by atoms with Crippen molar-refractivity contribution in [1.29, 1.82) is 0 Å². The average Bonchev–Trinajstić information content (AvgIpc) is 3.50. The van der Waals surface area contributed by atoms with Crippen LogP contribution in [0.25, 0.3) is 49.7 Å². The Kier molecular flexibility index (Phi) is 13.9. The number of aliphatic hydroxyl groups excluding tert-OH is 1. The van der Waals surface area contributed by atoms with E-state index in [0.29, 0.717) is 0 Å². The Bertz CT molecular complexity index is 2210. The van der Waals surface area contributed by atoms with E-state index in [1.54, 1.807) is 0 Å². The van der Waals surface area contributed by atoms with Crippen molar-refractivity contribution in [1.82, 2.24) is 9.55 Å². The van der Waals surface area contributed by atoms with Gasteiger partial charge in [0.05, 0.1) is 30.7 Å². The topological polar surface area (TPSA) is 55.1 Å². The van der Waals surface area contributed by atoms with Crippen LogP contribution in [0.15, 0.2) is 103 Å². The Labute approximate surface area is 332 Å². The van der Waals surface area contributed by atoms with Gasteiger partial charge in [0.25, 0.3) is 0 Å². The molecule has 4 nitrogen and oxygen atoms in total. The number of aromatic nitrogens is 2. The Morgan fingerprint density at radius 3 is 2.09 bits per heavy atom. The Morgan fingerprint density at radius 1 is 0.811 bits per heavy atom. The molecular weight excluding hydrogens is 845 g/mol. The van der Waals surface area contributed by atoms with Gasteiger partial charge >= 0.3 is 0 Å². The predicted molar refractivity (Wildman–Crippen MR) is 226 cm³/mol. The first kappa shape index (κ1) is 41.9. The number of rotatable bonds is 10. The Morgan fingerprint density at radius 2 is 1.47 bits per heavy atom. The molecule has 1 radical (unpaired) electrons. The molecule has 0 unspecified atom stereocenters. The Hall–Kier alpha value is -3.83. The third-order valence-corrected chi connectivity index (χ3v) is 12.5. The summed E-state index contributed by atoms with van der Waals surface area (Å²) in [5.74, 6) is 1.48. The van der Waals surface area contributed by atoms with E-state index in [-0.39, 0.29) is 48.9 Å². The van der Waals surface area contributed by atoms with Crippen LogP contribution in [0, 0.1) is 17.9 Å². The molecule has 1 N–H and O–H groups in total. The van der Waals surface area contributed by atoms with E-state index in [1.807, 2.05) is 27.7 Å². The zero-order valence-electron chi connectivity index (χ0n) is 33.3. The smallest absolute Gasteiger partial charge is 0.162 e. The fourth-order valence-electron chi connectivity index (χ4n) is 6.94. The van der Waals surface area contributed by atoms with Gasteiger partial charge in [0, 0.05) is 43.7 Å². The summed E-state index contributed by atoms with van der Waals surface area (Å²) in [7, 11) is -1.42. The monoisotopic (exact) mass is 902 g/mol. The number of nitrogens with zero attached hydrogens (tertiary/aromatic N) is 2. The van der Waals surface area contributed by atoms with E-state index >= 15 is 0 Å². The van der Waals surface area contributed by atoms with Gasteiger partial charge in [-0.2, -0.15) is 0 Å². The van der Waals surface area contributed by atoms with Crippen molar-refractivity contribution in [2.24, 2.45) is 11.8 Å². The number of hydrogen-bond donors (Lipinski definition) is 1. The van der Waals surface area contributed by atoms with Crippen LogP contribution in [0.2, 0.25) is 19.6 Å². The van der Waals surface area contributed by atoms with Crippen molar-refractivity contribution in [3.63, 3.8) is 0 Å². The molecule has 6 rings (SSSR count). The van der Waals surface area contributed by atoms with E-state index in [2.05, 4.69) is 142 Å².